The van der Waals surface area contributed by atoms with Gasteiger partial charge in [0.25, 0.3) is 11.8 Å². The Kier molecular flexibility index (Phi) is 33.3. The van der Waals surface area contributed by atoms with E-state index in [1.165, 1.54) is 23.9 Å². The maximum absolute atomic E-state index is 15.3. The Morgan fingerprint density at radius 3 is 1.71 bits per heavy atom. The second kappa shape index (κ2) is 39.7. The van der Waals surface area contributed by atoms with Crippen LogP contribution in [-0.4, -0.2) is 211 Å². The molecule has 1 unspecified atom stereocenters. The molecular formula is C59H87F2N7O15S. The Bertz CT molecular complexity index is 2460. The number of imidazole rings is 1. The molecule has 6 amide bonds. The molecule has 0 aliphatic carbocycles. The van der Waals surface area contributed by atoms with Crippen molar-refractivity contribution in [3.8, 4) is 11.3 Å². The van der Waals surface area contributed by atoms with E-state index in [1.54, 1.807) is 31.9 Å². The number of hydrogen-bond acceptors (Lipinski definition) is 17. The maximum Gasteiger partial charge on any atom is 0.407 e. The fourth-order valence-electron chi connectivity index (χ4n) is 8.14. The molecule has 25 heteroatoms. The molecule has 22 nitrogen and oxygen atoms in total. The van der Waals surface area contributed by atoms with Crippen molar-refractivity contribution in [3.63, 3.8) is 0 Å². The van der Waals surface area contributed by atoms with Gasteiger partial charge in [0.2, 0.25) is 17.7 Å². The summed E-state index contributed by atoms with van der Waals surface area (Å²) in [5.41, 5.74) is -0.132. The molecule has 0 fully saturated rings. The molecule has 0 bridgehead atoms. The van der Waals surface area contributed by atoms with Gasteiger partial charge in [0.1, 0.15) is 23.1 Å². The molecule has 468 valence electrons. The number of ether oxygens (including phenoxy) is 9. The van der Waals surface area contributed by atoms with Crippen molar-refractivity contribution in [1.82, 2.24) is 35.3 Å². The number of carbonyl (C=O) groups is 6. The number of nitrogens with one attached hydrogen (secondary N) is 3. The summed E-state index contributed by atoms with van der Waals surface area (Å²) >= 11 is 1.37. The molecule has 2 heterocycles. The number of alkyl carbamates (subject to hydrolysis) is 1. The molecule has 3 aromatic rings. The zero-order chi connectivity index (χ0) is 61.0. The minimum absolute atomic E-state index is 0.00101. The van der Waals surface area contributed by atoms with Crippen LogP contribution in [0.2, 0.25) is 0 Å². The second-order valence-corrected chi connectivity index (χ2v) is 22.3. The summed E-state index contributed by atoms with van der Waals surface area (Å²) in [7, 11) is 0. The van der Waals surface area contributed by atoms with E-state index >= 15 is 4.39 Å². The van der Waals surface area contributed by atoms with Crippen LogP contribution < -0.4 is 16.0 Å². The van der Waals surface area contributed by atoms with E-state index in [9.17, 15) is 33.2 Å². The van der Waals surface area contributed by atoms with Crippen LogP contribution in [0, 0.1) is 17.0 Å². The predicted molar refractivity (Wildman–Crippen MR) is 311 cm³/mol. The quantitative estimate of drug-likeness (QED) is 0.0467. The molecule has 4 rings (SSSR count). The van der Waals surface area contributed by atoms with Crippen molar-refractivity contribution in [2.24, 2.45) is 5.41 Å². The zero-order valence-electron chi connectivity index (χ0n) is 49.6. The third kappa shape index (κ3) is 29.3. The lowest BCUT2D eigenvalue weighted by molar-refractivity contribution is -0.137. The van der Waals surface area contributed by atoms with Crippen molar-refractivity contribution in [1.29, 1.82) is 0 Å². The minimum atomic E-state index is -0.688. The monoisotopic (exact) mass is 1200 g/mol. The highest BCUT2D eigenvalue weighted by atomic mass is 32.2. The Morgan fingerprint density at radius 2 is 1.17 bits per heavy atom. The first-order valence-corrected chi connectivity index (χ1v) is 29.6. The Labute approximate surface area is 496 Å². The lowest BCUT2D eigenvalue weighted by Crippen LogP contribution is -2.45. The number of imide groups is 1. The lowest BCUT2D eigenvalue weighted by Gasteiger charge is -2.40. The summed E-state index contributed by atoms with van der Waals surface area (Å²) < 4.78 is 81.1. The molecule has 1 aliphatic rings. The molecule has 1 atom stereocenters. The third-order valence-electron chi connectivity index (χ3n) is 12.1. The number of thioether (sulfide) groups is 1. The van der Waals surface area contributed by atoms with Crippen LogP contribution in [0.5, 0.6) is 0 Å². The first kappa shape index (κ1) is 70.6. The first-order chi connectivity index (χ1) is 40.3. The number of nitrogens with zero attached hydrogens (tertiary/aromatic N) is 4. The SMILES string of the molecule is CC(C)(C)OC(=O)NCCCN(C(=O)CSCCNC(=O)CCOCCOCCOCCOCCOCCOCCOCCOCCNC(=O)CCN1C(=O)C=CC1=O)C(c1nc(-c2cc(F)ccc2F)cn1Cc1ccccc1)C(C)(C)C. The number of aromatic nitrogens is 2. The van der Waals surface area contributed by atoms with Gasteiger partial charge < -0.3 is 68.0 Å². The average Bonchev–Trinajstić information content (AvgIpc) is 2.37. The van der Waals surface area contributed by atoms with Crippen LogP contribution in [0.3, 0.4) is 0 Å². The van der Waals surface area contributed by atoms with Crippen LogP contribution in [0.1, 0.15) is 78.2 Å². The highest BCUT2D eigenvalue weighted by Crippen LogP contribution is 2.40. The van der Waals surface area contributed by atoms with Crippen molar-refractivity contribution in [3.05, 3.63) is 89.9 Å². The van der Waals surface area contributed by atoms with Gasteiger partial charge in [-0.2, -0.15) is 11.8 Å². The molecule has 1 aliphatic heterocycles. The van der Waals surface area contributed by atoms with Gasteiger partial charge in [-0.1, -0.05) is 51.1 Å². The van der Waals surface area contributed by atoms with Gasteiger partial charge >= 0.3 is 6.09 Å². The van der Waals surface area contributed by atoms with E-state index in [-0.39, 0.29) is 73.8 Å². The standard InChI is InChI=1S/C59H87F2N7O15S/c1-58(2,3)55(56-65-49(47-41-46(60)13-14-48(47)61)43-66(56)42-45-11-8-7-9-12-45)68(22-10-19-64-57(74)83-59(4,5)6)54(73)44-84-40-21-63-51(70)18-24-75-26-28-77-30-32-79-34-36-81-38-39-82-37-35-80-33-31-78-29-27-76-25-20-62-50(69)17-23-67-52(71)15-16-53(67)72/h7-9,11-16,41,43,55H,10,17-40,42,44H2,1-6H3,(H,62,69)(H,63,70)(H,64,74). The zero-order valence-corrected chi connectivity index (χ0v) is 50.4. The molecule has 0 saturated carbocycles. The molecule has 0 radical (unpaired) electrons. The summed E-state index contributed by atoms with van der Waals surface area (Å²) in [4.78, 5) is 82.2. The van der Waals surface area contributed by atoms with Gasteiger partial charge in [-0.3, -0.25) is 28.9 Å². The van der Waals surface area contributed by atoms with Crippen molar-refractivity contribution < 1.29 is 80.2 Å². The number of rotatable bonds is 44. The smallest absolute Gasteiger partial charge is 0.407 e. The maximum atomic E-state index is 15.3. The Hall–Kier alpha value is -5.90. The summed E-state index contributed by atoms with van der Waals surface area (Å²) in [5, 5.41) is 8.33. The molecule has 2 aromatic carbocycles. The van der Waals surface area contributed by atoms with Gasteiger partial charge in [0, 0.05) is 81.8 Å². The molecule has 1 aromatic heterocycles. The number of carbonyl (C=O) groups excluding carboxylic acids is 6. The molecular weight excluding hydrogens is 1120 g/mol. The van der Waals surface area contributed by atoms with Gasteiger partial charge in [-0.05, 0) is 56.4 Å². The summed E-state index contributed by atoms with van der Waals surface area (Å²) in [6.07, 6.45) is 4.05. The van der Waals surface area contributed by atoms with Gasteiger partial charge in [-0.25, -0.2) is 18.6 Å². The third-order valence-corrected chi connectivity index (χ3v) is 13.0. The normalized spacial score (nSPS) is 12.9. The number of benzene rings is 2. The summed E-state index contributed by atoms with van der Waals surface area (Å²) in [6.45, 7) is 18.7. The topological polar surface area (TPSA) is 246 Å². The van der Waals surface area contributed by atoms with Gasteiger partial charge in [0.05, 0.1) is 123 Å². The van der Waals surface area contributed by atoms with E-state index in [1.807, 2.05) is 55.7 Å². The fourth-order valence-corrected chi connectivity index (χ4v) is 8.87. The van der Waals surface area contributed by atoms with E-state index < -0.39 is 46.6 Å². The Morgan fingerprint density at radius 1 is 0.643 bits per heavy atom. The van der Waals surface area contributed by atoms with Crippen LogP contribution in [-0.2, 0) is 73.1 Å². The average molecular weight is 1200 g/mol. The number of halogens is 2. The molecule has 0 saturated heterocycles. The molecule has 84 heavy (non-hydrogen) atoms. The second-order valence-electron chi connectivity index (χ2n) is 21.2. The van der Waals surface area contributed by atoms with Crippen molar-refractivity contribution in [2.45, 2.75) is 79.0 Å². The van der Waals surface area contributed by atoms with E-state index in [2.05, 4.69) is 16.0 Å². The van der Waals surface area contributed by atoms with Crippen LogP contribution in [0.15, 0.2) is 66.9 Å². The van der Waals surface area contributed by atoms with Crippen LogP contribution in [0.4, 0.5) is 13.6 Å². The van der Waals surface area contributed by atoms with Crippen molar-refractivity contribution in [2.75, 3.05) is 150 Å². The number of hydrogen-bond donors (Lipinski definition) is 3. The Balaban J connectivity index is 1.02. The first-order valence-electron chi connectivity index (χ1n) is 28.4. The van der Waals surface area contributed by atoms with E-state index in [0.29, 0.717) is 137 Å². The van der Waals surface area contributed by atoms with Gasteiger partial charge in [-0.15, -0.1) is 0 Å². The summed E-state index contributed by atoms with van der Waals surface area (Å²) in [6, 6.07) is 12.2. The minimum Gasteiger partial charge on any atom is -0.444 e. The highest BCUT2D eigenvalue weighted by molar-refractivity contribution is 7.99. The highest BCUT2D eigenvalue weighted by Gasteiger charge is 2.38. The molecule has 3 N–H and O–H groups in total. The van der Waals surface area contributed by atoms with E-state index in [4.69, 9.17) is 47.6 Å². The van der Waals surface area contributed by atoms with E-state index in [0.717, 1.165) is 28.7 Å². The van der Waals surface area contributed by atoms with Gasteiger partial charge in [0.15, 0.2) is 0 Å². The van der Waals surface area contributed by atoms with Crippen LogP contribution >= 0.6 is 11.8 Å². The lowest BCUT2D eigenvalue weighted by atomic mass is 9.84. The predicted octanol–water partition coefficient (Wildman–Crippen LogP) is 5.51. The molecule has 0 spiro atoms. The van der Waals surface area contributed by atoms with Crippen molar-refractivity contribution >= 4 is 47.4 Å². The fraction of sp³-hybridized carbons (Fsp3) is 0.610. The summed E-state index contributed by atoms with van der Waals surface area (Å²) in [5.74, 6) is -1.70. The largest absolute Gasteiger partial charge is 0.444 e. The number of amides is 6. The van der Waals surface area contributed by atoms with Crippen LogP contribution in [0.25, 0.3) is 11.3 Å².